The van der Waals surface area contributed by atoms with Crippen molar-refractivity contribution in [2.24, 2.45) is 0 Å². The zero-order valence-corrected chi connectivity index (χ0v) is 37.9. The number of benzene rings is 2. The molecule has 2 aromatic rings. The van der Waals surface area contributed by atoms with Gasteiger partial charge in [0.2, 0.25) is 35.4 Å². The van der Waals surface area contributed by atoms with Crippen LogP contribution in [0.25, 0.3) is 0 Å². The van der Waals surface area contributed by atoms with Crippen molar-refractivity contribution in [1.82, 2.24) is 41.7 Å². The molecule has 2 heterocycles. The maximum atomic E-state index is 14.3. The van der Waals surface area contributed by atoms with E-state index in [0.717, 1.165) is 56.1 Å². The van der Waals surface area contributed by atoms with Gasteiger partial charge in [0.1, 0.15) is 24.2 Å². The first-order valence-electron chi connectivity index (χ1n) is 23.3. The third-order valence-electron chi connectivity index (χ3n) is 13.2. The molecular formula is C50H66N8O6. The fourth-order valence-corrected chi connectivity index (χ4v) is 9.54. The number of hydrogen-bond donors (Lipinski definition) is 6. The van der Waals surface area contributed by atoms with E-state index in [0.29, 0.717) is 45.2 Å². The fourth-order valence-electron chi connectivity index (χ4n) is 9.54. The Morgan fingerprint density at radius 3 is 1.55 bits per heavy atom. The maximum absolute atomic E-state index is 14.3. The Morgan fingerprint density at radius 2 is 1.09 bits per heavy atom. The van der Waals surface area contributed by atoms with Gasteiger partial charge in [-0.2, -0.15) is 0 Å². The van der Waals surface area contributed by atoms with Crippen LogP contribution in [0.4, 0.5) is 0 Å². The molecule has 64 heavy (non-hydrogen) atoms. The van der Waals surface area contributed by atoms with Crippen LogP contribution < -0.4 is 31.9 Å². The summed E-state index contributed by atoms with van der Waals surface area (Å²) in [4.78, 5) is 85.7. The molecule has 6 rings (SSSR count). The van der Waals surface area contributed by atoms with Gasteiger partial charge in [0.05, 0.1) is 24.2 Å². The van der Waals surface area contributed by atoms with Crippen molar-refractivity contribution in [3.05, 3.63) is 70.8 Å². The molecule has 4 aliphatic rings. The molecule has 2 aliphatic carbocycles. The van der Waals surface area contributed by atoms with Crippen LogP contribution in [0.2, 0.25) is 0 Å². The monoisotopic (exact) mass is 875 g/mol. The standard InChI is InChI=1S/C50H66N8O6/c1-5-18-40(52-4)46(60)56-42(50(64)58-32-17-30-44(58)48(62)54-39-28-15-22-35-20-11-13-24-37(35)39)26-9-7-6-8-25-41(55-45(59)33(2)51-3)49(63)57-31-16-29-43(57)47(61)53-38-27-14-21-34-19-10-12-23-36(34)38/h10-13,19-20,23-24,33,38-44,51-52H,5,14-18,21-22,25-32H2,1-4H3,(H,53,61)(H,54,62)(H,55,59)(H,56,60)/t33-,38-,39-,40-,41+,42+,43-,44-/m1/s1. The first kappa shape index (κ1) is 47.8. The van der Waals surface area contributed by atoms with Crippen molar-refractivity contribution in [2.75, 3.05) is 27.2 Å². The number of fused-ring (bicyclic) bond motifs is 2. The molecule has 14 heteroatoms. The third kappa shape index (κ3) is 11.9. The van der Waals surface area contributed by atoms with E-state index >= 15 is 0 Å². The molecule has 0 bridgehead atoms. The number of carbonyl (C=O) groups is 6. The van der Waals surface area contributed by atoms with Crippen LogP contribution in [0.15, 0.2) is 48.5 Å². The normalized spacial score (nSPS) is 21.8. The molecule has 0 spiro atoms. The summed E-state index contributed by atoms with van der Waals surface area (Å²) in [5.74, 6) is 9.55. The lowest BCUT2D eigenvalue weighted by Gasteiger charge is -2.31. The number of aryl methyl sites for hydroxylation is 2. The number of carbonyl (C=O) groups excluding carboxylic acids is 6. The van der Waals surface area contributed by atoms with E-state index in [9.17, 15) is 28.8 Å². The molecule has 2 saturated heterocycles. The van der Waals surface area contributed by atoms with E-state index in [1.165, 1.54) is 11.1 Å². The smallest absolute Gasteiger partial charge is 0.246 e. The summed E-state index contributed by atoms with van der Waals surface area (Å²) >= 11 is 0. The van der Waals surface area contributed by atoms with Gasteiger partial charge in [-0.05, 0) is 126 Å². The number of nitrogens with zero attached hydrogens (tertiary/aromatic N) is 2. The number of rotatable bonds is 16. The summed E-state index contributed by atoms with van der Waals surface area (Å²) < 4.78 is 0. The molecule has 2 aliphatic heterocycles. The summed E-state index contributed by atoms with van der Waals surface area (Å²) in [6, 6.07) is 11.5. The first-order chi connectivity index (χ1) is 31.0. The number of amides is 6. The lowest BCUT2D eigenvalue weighted by Crippen LogP contribution is -2.56. The molecular weight excluding hydrogens is 809 g/mol. The molecule has 342 valence electrons. The summed E-state index contributed by atoms with van der Waals surface area (Å²) in [5.41, 5.74) is 4.68. The largest absolute Gasteiger partial charge is 0.347 e. The maximum Gasteiger partial charge on any atom is 0.246 e. The predicted octanol–water partition coefficient (Wildman–Crippen LogP) is 3.11. The zero-order valence-electron chi connectivity index (χ0n) is 37.9. The molecule has 6 amide bonds. The summed E-state index contributed by atoms with van der Waals surface area (Å²) in [5, 5.41) is 18.1. The average molecular weight is 875 g/mol. The molecule has 0 saturated carbocycles. The lowest BCUT2D eigenvalue weighted by atomic mass is 9.87. The van der Waals surface area contributed by atoms with E-state index in [4.69, 9.17) is 0 Å². The second kappa shape index (κ2) is 23.3. The molecule has 0 unspecified atom stereocenters. The van der Waals surface area contributed by atoms with Crippen LogP contribution in [-0.4, -0.2) is 109 Å². The Labute approximate surface area is 378 Å². The summed E-state index contributed by atoms with van der Waals surface area (Å²) in [6.07, 6.45) is 9.04. The van der Waals surface area contributed by atoms with Crippen LogP contribution in [-0.2, 0) is 41.6 Å². The van der Waals surface area contributed by atoms with Crippen LogP contribution >= 0.6 is 0 Å². The topological polar surface area (TPSA) is 181 Å². The number of likely N-dealkylation sites (N-methyl/N-ethyl adjacent to an activating group) is 2. The highest BCUT2D eigenvalue weighted by atomic mass is 16.2. The number of likely N-dealkylation sites (tertiary alicyclic amines) is 2. The molecule has 2 fully saturated rings. The Hall–Kier alpha value is -5.70. The summed E-state index contributed by atoms with van der Waals surface area (Å²) in [6.45, 7) is 4.42. The van der Waals surface area contributed by atoms with Crippen molar-refractivity contribution in [3.63, 3.8) is 0 Å². The molecule has 6 N–H and O–H groups in total. The molecule has 2 aromatic carbocycles. The van der Waals surface area contributed by atoms with Gasteiger partial charge in [-0.3, -0.25) is 28.8 Å². The lowest BCUT2D eigenvalue weighted by molar-refractivity contribution is -0.141. The zero-order chi connectivity index (χ0) is 45.6. The van der Waals surface area contributed by atoms with Crippen LogP contribution in [0, 0.1) is 23.7 Å². The highest BCUT2D eigenvalue weighted by Crippen LogP contribution is 2.32. The highest BCUT2D eigenvalue weighted by Gasteiger charge is 2.40. The minimum absolute atomic E-state index is 0.0581. The van der Waals surface area contributed by atoms with Gasteiger partial charge in [-0.1, -0.05) is 73.7 Å². The Kier molecular flexibility index (Phi) is 17.4. The van der Waals surface area contributed by atoms with Crippen LogP contribution in [0.3, 0.4) is 0 Å². The van der Waals surface area contributed by atoms with Crippen molar-refractivity contribution in [1.29, 1.82) is 0 Å². The van der Waals surface area contributed by atoms with Gasteiger partial charge in [0, 0.05) is 25.9 Å². The SMILES string of the molecule is CCC[C@@H](NC)C(=O)N[C@@H](CC#CC#CC[C@H](NC(=O)[C@@H](C)NC)C(=O)N1CCC[C@@H]1C(=O)N[C@@H]1CCCc2ccccc21)C(=O)N1CCC[C@@H]1C(=O)N[C@@H]1CCCc2ccccc21. The number of nitrogens with one attached hydrogen (secondary N) is 6. The Bertz CT molecular complexity index is 2140. The second-order valence-electron chi connectivity index (χ2n) is 17.5. The minimum atomic E-state index is -1.03. The molecule has 14 nitrogen and oxygen atoms in total. The van der Waals surface area contributed by atoms with Gasteiger partial charge in [-0.25, -0.2) is 0 Å². The van der Waals surface area contributed by atoms with E-state index in [-0.39, 0.29) is 54.5 Å². The fraction of sp³-hybridized carbons (Fsp3) is 0.560. The van der Waals surface area contributed by atoms with Crippen molar-refractivity contribution in [2.45, 2.75) is 152 Å². The van der Waals surface area contributed by atoms with E-state index in [1.807, 2.05) is 31.2 Å². The second-order valence-corrected chi connectivity index (χ2v) is 17.5. The van der Waals surface area contributed by atoms with Crippen molar-refractivity contribution in [3.8, 4) is 23.7 Å². The average Bonchev–Trinajstić information content (AvgIpc) is 4.02. The quantitative estimate of drug-likeness (QED) is 0.139. The predicted molar refractivity (Wildman–Crippen MR) is 245 cm³/mol. The molecule has 0 aromatic heterocycles. The van der Waals surface area contributed by atoms with Gasteiger partial charge >= 0.3 is 0 Å². The van der Waals surface area contributed by atoms with Gasteiger partial charge in [0.15, 0.2) is 0 Å². The van der Waals surface area contributed by atoms with Crippen molar-refractivity contribution >= 4 is 35.4 Å². The number of hydrogen-bond acceptors (Lipinski definition) is 8. The van der Waals surface area contributed by atoms with Crippen LogP contribution in [0.5, 0.6) is 0 Å². The van der Waals surface area contributed by atoms with Gasteiger partial charge in [-0.15, -0.1) is 0 Å². The highest BCUT2D eigenvalue weighted by molar-refractivity contribution is 5.95. The van der Waals surface area contributed by atoms with E-state index < -0.39 is 42.2 Å². The first-order valence-corrected chi connectivity index (χ1v) is 23.3. The molecule has 0 radical (unpaired) electrons. The van der Waals surface area contributed by atoms with Crippen LogP contribution in [0.1, 0.15) is 125 Å². The van der Waals surface area contributed by atoms with Crippen molar-refractivity contribution < 1.29 is 28.8 Å². The van der Waals surface area contributed by atoms with E-state index in [2.05, 4.69) is 79.8 Å². The van der Waals surface area contributed by atoms with Gasteiger partial charge in [0.25, 0.3) is 0 Å². The summed E-state index contributed by atoms with van der Waals surface area (Å²) in [7, 11) is 3.35. The third-order valence-corrected chi connectivity index (χ3v) is 13.2. The van der Waals surface area contributed by atoms with Gasteiger partial charge < -0.3 is 41.7 Å². The Balaban J connectivity index is 1.14. The minimum Gasteiger partial charge on any atom is -0.347 e. The van der Waals surface area contributed by atoms with E-state index in [1.54, 1.807) is 30.8 Å². The Morgan fingerprint density at radius 1 is 0.625 bits per heavy atom. The molecule has 8 atom stereocenters.